The van der Waals surface area contributed by atoms with Crippen LogP contribution in [0.25, 0.3) is 0 Å². The van der Waals surface area contributed by atoms with Crippen LogP contribution in [0.2, 0.25) is 5.28 Å². The number of nitrogens with one attached hydrogen (secondary N) is 2. The molecule has 0 amide bonds. The molecule has 2 aromatic heterocycles. The van der Waals surface area contributed by atoms with Gasteiger partial charge in [0, 0.05) is 12.6 Å². The number of halogens is 1. The van der Waals surface area contributed by atoms with Gasteiger partial charge in [-0.1, -0.05) is 5.16 Å². The van der Waals surface area contributed by atoms with Gasteiger partial charge in [0.25, 0.3) is 0 Å². The van der Waals surface area contributed by atoms with Crippen LogP contribution in [0, 0.1) is 0 Å². The van der Waals surface area contributed by atoms with Crippen LogP contribution < -0.4 is 10.6 Å². The van der Waals surface area contributed by atoms with Gasteiger partial charge in [-0.2, -0.15) is 15.0 Å². The van der Waals surface area contributed by atoms with Crippen LogP contribution in [-0.4, -0.2) is 26.7 Å². The Hall–Kier alpha value is -1.89. The highest BCUT2D eigenvalue weighted by Gasteiger charge is 2.04. The number of aromatic nitrogens is 4. The molecule has 90 valence electrons. The van der Waals surface area contributed by atoms with Crippen molar-refractivity contribution in [2.24, 2.45) is 0 Å². The Morgan fingerprint density at radius 2 is 2.00 bits per heavy atom. The second kappa shape index (κ2) is 5.44. The lowest BCUT2D eigenvalue weighted by atomic mass is 10.4. The van der Waals surface area contributed by atoms with Crippen LogP contribution in [0.15, 0.2) is 16.9 Å². The second-order valence-corrected chi connectivity index (χ2v) is 3.46. The van der Waals surface area contributed by atoms with E-state index in [1.54, 1.807) is 6.07 Å². The average Bonchev–Trinajstić information content (AvgIpc) is 2.79. The van der Waals surface area contributed by atoms with E-state index in [-0.39, 0.29) is 5.28 Å². The molecule has 8 heteroatoms. The number of anilines is 2. The third-order valence-corrected chi connectivity index (χ3v) is 2.03. The molecule has 7 nitrogen and oxygen atoms in total. The largest absolute Gasteiger partial charge is 0.364 e. The molecule has 0 saturated carbocycles. The lowest BCUT2D eigenvalue weighted by molar-refractivity contribution is 0.412. The molecule has 0 saturated heterocycles. The van der Waals surface area contributed by atoms with Crippen LogP contribution in [0.4, 0.5) is 11.9 Å². The Morgan fingerprint density at radius 3 is 2.65 bits per heavy atom. The van der Waals surface area contributed by atoms with Gasteiger partial charge >= 0.3 is 0 Å². The minimum absolute atomic E-state index is 0.138. The van der Waals surface area contributed by atoms with Gasteiger partial charge < -0.3 is 15.2 Å². The third-order valence-electron chi connectivity index (χ3n) is 1.86. The summed E-state index contributed by atoms with van der Waals surface area (Å²) in [6.45, 7) is 3.12. The van der Waals surface area contributed by atoms with Crippen LogP contribution in [0.3, 0.4) is 0 Å². The molecular formula is C9H11ClN6O. The highest BCUT2D eigenvalue weighted by Crippen LogP contribution is 2.10. The average molecular weight is 255 g/mol. The molecule has 0 fully saturated rings. The smallest absolute Gasteiger partial charge is 0.229 e. The first-order chi connectivity index (χ1) is 8.28. The molecule has 0 aliphatic heterocycles. The fourth-order valence-electron chi connectivity index (χ4n) is 1.16. The standard InChI is InChI=1S/C9H11ClN6O/c1-2-11-8-13-7(10)14-9(15-8)12-5-6-3-4-17-16-6/h3-4H,2,5H2,1H3,(H2,11,12,13,14,15). The van der Waals surface area contributed by atoms with E-state index in [0.29, 0.717) is 25.0 Å². The minimum Gasteiger partial charge on any atom is -0.364 e. The summed E-state index contributed by atoms with van der Waals surface area (Å²) >= 11 is 5.77. The normalized spacial score (nSPS) is 10.2. The molecule has 0 radical (unpaired) electrons. The maximum absolute atomic E-state index is 5.77. The summed E-state index contributed by atoms with van der Waals surface area (Å²) in [4.78, 5) is 12.0. The zero-order chi connectivity index (χ0) is 12.1. The Kier molecular flexibility index (Phi) is 3.71. The molecule has 0 aliphatic carbocycles. The highest BCUT2D eigenvalue weighted by molar-refractivity contribution is 6.28. The highest BCUT2D eigenvalue weighted by atomic mass is 35.5. The lowest BCUT2D eigenvalue weighted by Crippen LogP contribution is -2.09. The second-order valence-electron chi connectivity index (χ2n) is 3.13. The van der Waals surface area contributed by atoms with Crippen LogP contribution in [0.5, 0.6) is 0 Å². The van der Waals surface area contributed by atoms with Crippen molar-refractivity contribution in [3.63, 3.8) is 0 Å². The van der Waals surface area contributed by atoms with Crippen molar-refractivity contribution < 1.29 is 4.52 Å². The van der Waals surface area contributed by atoms with E-state index in [1.165, 1.54) is 6.26 Å². The van der Waals surface area contributed by atoms with Crippen molar-refractivity contribution in [3.05, 3.63) is 23.3 Å². The minimum atomic E-state index is 0.138. The Bertz CT molecular complexity index is 474. The summed E-state index contributed by atoms with van der Waals surface area (Å²) in [6, 6.07) is 1.75. The summed E-state index contributed by atoms with van der Waals surface area (Å²) in [6.07, 6.45) is 1.50. The molecule has 0 aliphatic rings. The number of hydrogen-bond acceptors (Lipinski definition) is 7. The van der Waals surface area contributed by atoms with Gasteiger partial charge in [-0.05, 0) is 18.5 Å². The molecule has 2 rings (SSSR count). The monoisotopic (exact) mass is 254 g/mol. The summed E-state index contributed by atoms with van der Waals surface area (Å²) in [7, 11) is 0. The van der Waals surface area contributed by atoms with E-state index < -0.39 is 0 Å². The van der Waals surface area contributed by atoms with Gasteiger partial charge in [0.05, 0.1) is 6.54 Å². The first kappa shape index (κ1) is 11.6. The van der Waals surface area contributed by atoms with Gasteiger partial charge in [-0.15, -0.1) is 0 Å². The molecular weight excluding hydrogens is 244 g/mol. The maximum Gasteiger partial charge on any atom is 0.229 e. The van der Waals surface area contributed by atoms with Crippen LogP contribution >= 0.6 is 11.6 Å². The predicted molar refractivity (Wildman–Crippen MR) is 62.8 cm³/mol. The van der Waals surface area contributed by atoms with Crippen molar-refractivity contribution in [3.8, 4) is 0 Å². The van der Waals surface area contributed by atoms with E-state index in [9.17, 15) is 0 Å². The Balaban J connectivity index is 2.04. The van der Waals surface area contributed by atoms with Gasteiger partial charge in [0.1, 0.15) is 12.0 Å². The maximum atomic E-state index is 5.77. The summed E-state index contributed by atoms with van der Waals surface area (Å²) < 4.78 is 4.71. The van der Waals surface area contributed by atoms with Gasteiger partial charge in [-0.3, -0.25) is 0 Å². The Morgan fingerprint density at radius 1 is 1.24 bits per heavy atom. The first-order valence-corrected chi connectivity index (χ1v) is 5.44. The zero-order valence-corrected chi connectivity index (χ0v) is 9.90. The molecule has 0 atom stereocenters. The van der Waals surface area contributed by atoms with E-state index in [2.05, 4.69) is 30.7 Å². The van der Waals surface area contributed by atoms with Crippen molar-refractivity contribution in [1.29, 1.82) is 0 Å². The Labute approximate surface area is 103 Å². The molecule has 2 N–H and O–H groups in total. The first-order valence-electron chi connectivity index (χ1n) is 5.06. The molecule has 2 aromatic rings. The lowest BCUT2D eigenvalue weighted by Gasteiger charge is -2.05. The van der Waals surface area contributed by atoms with Gasteiger partial charge in [0.2, 0.25) is 17.2 Å². The van der Waals surface area contributed by atoms with Crippen molar-refractivity contribution in [2.75, 3.05) is 17.2 Å². The predicted octanol–water partition coefficient (Wildman–Crippen LogP) is 1.56. The molecule has 17 heavy (non-hydrogen) atoms. The summed E-state index contributed by atoms with van der Waals surface area (Å²) in [5, 5.41) is 9.83. The molecule has 0 spiro atoms. The van der Waals surface area contributed by atoms with Gasteiger partial charge in [0.15, 0.2) is 0 Å². The molecule has 0 aromatic carbocycles. The number of nitrogens with zero attached hydrogens (tertiary/aromatic N) is 4. The van der Waals surface area contributed by atoms with Crippen LogP contribution in [0.1, 0.15) is 12.6 Å². The fourth-order valence-corrected chi connectivity index (χ4v) is 1.32. The van der Waals surface area contributed by atoms with Gasteiger partial charge in [-0.25, -0.2) is 0 Å². The zero-order valence-electron chi connectivity index (χ0n) is 9.14. The van der Waals surface area contributed by atoms with E-state index >= 15 is 0 Å². The quantitative estimate of drug-likeness (QED) is 0.837. The number of hydrogen-bond donors (Lipinski definition) is 2. The van der Waals surface area contributed by atoms with Crippen molar-refractivity contribution >= 4 is 23.5 Å². The van der Waals surface area contributed by atoms with Crippen LogP contribution in [-0.2, 0) is 6.54 Å². The topological polar surface area (TPSA) is 88.8 Å². The summed E-state index contributed by atoms with van der Waals surface area (Å²) in [5.74, 6) is 0.833. The van der Waals surface area contributed by atoms with E-state index in [1.807, 2.05) is 6.92 Å². The fraction of sp³-hybridized carbons (Fsp3) is 0.333. The van der Waals surface area contributed by atoms with Crippen molar-refractivity contribution in [2.45, 2.75) is 13.5 Å². The SMILES string of the molecule is CCNc1nc(Cl)nc(NCc2ccon2)n1. The molecule has 0 bridgehead atoms. The molecule has 0 unspecified atom stereocenters. The molecule has 2 heterocycles. The van der Waals surface area contributed by atoms with E-state index in [4.69, 9.17) is 16.1 Å². The van der Waals surface area contributed by atoms with E-state index in [0.717, 1.165) is 5.69 Å². The number of rotatable bonds is 5. The third kappa shape index (κ3) is 3.28. The summed E-state index contributed by atoms with van der Waals surface area (Å²) in [5.41, 5.74) is 0.756. The van der Waals surface area contributed by atoms with Crippen molar-refractivity contribution in [1.82, 2.24) is 20.1 Å².